The van der Waals surface area contributed by atoms with Crippen LogP contribution in [0, 0.1) is 5.82 Å². The van der Waals surface area contributed by atoms with E-state index in [1.165, 1.54) is 30.3 Å². The van der Waals surface area contributed by atoms with Gasteiger partial charge in [0.15, 0.2) is 17.6 Å². The number of piperazine rings is 1. The van der Waals surface area contributed by atoms with Gasteiger partial charge < -0.3 is 25.0 Å². The molecule has 0 radical (unpaired) electrons. The van der Waals surface area contributed by atoms with Crippen molar-refractivity contribution in [2.24, 2.45) is 7.05 Å². The number of pyridine rings is 1. The number of nitrogens with one attached hydrogen (secondary N) is 2. The van der Waals surface area contributed by atoms with Gasteiger partial charge in [0, 0.05) is 81.8 Å². The number of nitrogens with zero attached hydrogens (tertiary/aromatic N) is 9. The summed E-state index contributed by atoms with van der Waals surface area (Å²) >= 11 is 0. The van der Waals surface area contributed by atoms with E-state index >= 15 is 0 Å². The number of carbonyl (C=O) groups is 5. The molecule has 0 saturated carbocycles. The maximum absolute atomic E-state index is 13.7. The molecule has 0 aliphatic carbocycles. The summed E-state index contributed by atoms with van der Waals surface area (Å²) in [5, 5.41) is 12.4. The van der Waals surface area contributed by atoms with E-state index in [4.69, 9.17) is 25.4 Å². The Balaban J connectivity index is 0.710. The number of halogens is 3. The SMILES string of the molecule is CC(Oc1cc(-c2nn(C)c3c(-c4cnn(C5CCN(CCCN6CCN(C(=O)COc7cccc8c7C(=O)N(C7CCC(=O)NC7=O)C8=O)CC6)CC5)c4)cnc(N)c23)ccc1NS(=O)C(F)F)c1ccc(F)cc1. The first-order chi connectivity index (χ1) is 36.6. The number of nitrogen functional groups attached to an aromatic ring is 1. The van der Waals surface area contributed by atoms with Gasteiger partial charge in [-0.3, -0.25) is 53.2 Å². The van der Waals surface area contributed by atoms with Crippen molar-refractivity contribution >= 4 is 62.9 Å². The van der Waals surface area contributed by atoms with Crippen molar-refractivity contribution in [3.8, 4) is 33.9 Å². The van der Waals surface area contributed by atoms with Crippen molar-refractivity contribution in [3.63, 3.8) is 0 Å². The van der Waals surface area contributed by atoms with Gasteiger partial charge in [-0.15, -0.1) is 0 Å². The molecule has 3 fully saturated rings. The molecule has 4 aliphatic heterocycles. The number of aryl methyl sites for hydroxylation is 1. The van der Waals surface area contributed by atoms with Crippen molar-refractivity contribution < 1.29 is 50.8 Å². The van der Waals surface area contributed by atoms with Gasteiger partial charge in [-0.25, -0.2) is 13.6 Å². The largest absolute Gasteiger partial charge is 0.484 e. The van der Waals surface area contributed by atoms with Crippen LogP contribution in [-0.4, -0.2) is 149 Å². The third-order valence-electron chi connectivity index (χ3n) is 14.5. The summed E-state index contributed by atoms with van der Waals surface area (Å²) in [6.07, 6.45) is 7.69. The van der Waals surface area contributed by atoms with Crippen molar-refractivity contribution in [2.75, 3.05) is 69.4 Å². The Kier molecular flexibility index (Phi) is 14.9. The zero-order chi connectivity index (χ0) is 53.4. The fourth-order valence-corrected chi connectivity index (χ4v) is 10.9. The number of piperidine rings is 2. The molecule has 7 heterocycles. The molecule has 10 rings (SSSR count). The summed E-state index contributed by atoms with van der Waals surface area (Å²) in [5.74, 6) is -5.89. The molecular weight excluding hydrogens is 1010 g/mol. The number of aromatic nitrogens is 5. The number of rotatable bonds is 17. The number of alkyl halides is 2. The van der Waals surface area contributed by atoms with E-state index in [-0.39, 0.29) is 65.5 Å². The Morgan fingerprint density at radius 3 is 2.36 bits per heavy atom. The summed E-state index contributed by atoms with van der Waals surface area (Å²) < 4.78 is 70.8. The van der Waals surface area contributed by atoms with E-state index < -0.39 is 58.3 Å². The Hall–Kier alpha value is -7.70. The number of imide groups is 2. The van der Waals surface area contributed by atoms with Gasteiger partial charge in [-0.1, -0.05) is 24.3 Å². The molecule has 76 heavy (non-hydrogen) atoms. The Morgan fingerprint density at radius 1 is 0.895 bits per heavy atom. The number of hydrogen-bond donors (Lipinski definition) is 3. The van der Waals surface area contributed by atoms with E-state index in [2.05, 4.69) is 24.8 Å². The Morgan fingerprint density at radius 2 is 1.63 bits per heavy atom. The van der Waals surface area contributed by atoms with Crippen LogP contribution in [0.5, 0.6) is 11.5 Å². The van der Waals surface area contributed by atoms with Gasteiger partial charge in [0.2, 0.25) is 11.8 Å². The minimum absolute atomic E-state index is 0.00102. The molecule has 20 nitrogen and oxygen atoms in total. The first-order valence-corrected chi connectivity index (χ1v) is 26.2. The Bertz CT molecular complexity index is 3250. The average Bonchev–Trinajstić information content (AvgIpc) is 4.13. The summed E-state index contributed by atoms with van der Waals surface area (Å²) in [4.78, 5) is 76.0. The van der Waals surface area contributed by atoms with Gasteiger partial charge in [0.25, 0.3) is 17.7 Å². The molecule has 3 unspecified atom stereocenters. The minimum atomic E-state index is -3.15. The number of hydrogen-bond acceptors (Lipinski definition) is 14. The lowest BCUT2D eigenvalue weighted by atomic mass is 10.0. The zero-order valence-corrected chi connectivity index (χ0v) is 42.4. The molecule has 0 spiro atoms. The number of ether oxygens (including phenoxy) is 2. The predicted octanol–water partition coefficient (Wildman–Crippen LogP) is 5.31. The molecule has 24 heteroatoms. The maximum atomic E-state index is 13.7. The molecular formula is C52H55F3N12O8S. The third kappa shape index (κ3) is 10.6. The van der Waals surface area contributed by atoms with Gasteiger partial charge in [-0.05, 0) is 87.7 Å². The van der Waals surface area contributed by atoms with E-state index in [1.54, 1.807) is 66.3 Å². The highest BCUT2D eigenvalue weighted by atomic mass is 32.2. The van der Waals surface area contributed by atoms with Crippen LogP contribution in [0.15, 0.2) is 79.3 Å². The van der Waals surface area contributed by atoms with Crippen LogP contribution in [0.2, 0.25) is 0 Å². The normalized spacial score (nSPS) is 18.6. The van der Waals surface area contributed by atoms with Crippen LogP contribution in [0.4, 0.5) is 24.7 Å². The first kappa shape index (κ1) is 51.8. The van der Waals surface area contributed by atoms with Crippen molar-refractivity contribution in [2.45, 2.75) is 63.0 Å². The van der Waals surface area contributed by atoms with Crippen LogP contribution in [0.25, 0.3) is 33.3 Å². The fraction of sp³-hybridized carbons (Fsp3) is 0.385. The minimum Gasteiger partial charge on any atom is -0.484 e. The number of likely N-dealkylation sites (tertiary alicyclic amines) is 1. The summed E-state index contributed by atoms with van der Waals surface area (Å²) in [5.41, 5.74) is 10.6. The lowest BCUT2D eigenvalue weighted by Gasteiger charge is -2.36. The van der Waals surface area contributed by atoms with Crippen molar-refractivity contribution in [1.29, 1.82) is 0 Å². The smallest absolute Gasteiger partial charge is 0.330 e. The molecule has 0 bridgehead atoms. The van der Waals surface area contributed by atoms with E-state index in [1.807, 2.05) is 10.9 Å². The van der Waals surface area contributed by atoms with Crippen LogP contribution < -0.4 is 25.2 Å². The fourth-order valence-electron chi connectivity index (χ4n) is 10.4. The van der Waals surface area contributed by atoms with E-state index in [9.17, 15) is 41.4 Å². The monoisotopic (exact) mass is 1060 g/mol. The van der Waals surface area contributed by atoms with Crippen LogP contribution in [0.3, 0.4) is 0 Å². The highest BCUT2D eigenvalue weighted by molar-refractivity contribution is 7.86. The number of carbonyl (C=O) groups excluding carboxylic acids is 5. The molecule has 6 aromatic rings. The lowest BCUT2D eigenvalue weighted by Crippen LogP contribution is -2.54. The molecule has 4 N–H and O–H groups in total. The molecule has 5 amide bonds. The highest BCUT2D eigenvalue weighted by Gasteiger charge is 2.46. The van der Waals surface area contributed by atoms with Crippen molar-refractivity contribution in [1.82, 2.24) is 49.5 Å². The van der Waals surface area contributed by atoms with Crippen LogP contribution >= 0.6 is 0 Å². The highest BCUT2D eigenvalue weighted by Crippen LogP contribution is 2.41. The predicted molar refractivity (Wildman–Crippen MR) is 274 cm³/mol. The number of anilines is 2. The van der Waals surface area contributed by atoms with Crippen LogP contribution in [-0.2, 0) is 32.4 Å². The second kappa shape index (κ2) is 21.9. The standard InChI is InChI=1S/C52H55F3N12O8S/c1-30(31-7-10-34(53)11-8-31)75-41-25-32(9-12-38(41)61-76(73)52(54)55)46-45-47(62(2)60-46)37(27-57-48(45)56)33-26-58-66(28-33)35-15-19-63(20-16-35)17-4-18-64-21-23-65(24-22-64)43(69)29-74-40-6-3-5-36-44(40)51(72)67(50(36)71)39-13-14-42(68)59-49(39)70/h3,5-12,25-28,30,35,39,52,61H,4,13-24,29H2,1-2H3,(H2,56,57)(H,59,68,70). The zero-order valence-electron chi connectivity index (χ0n) is 41.6. The lowest BCUT2D eigenvalue weighted by molar-refractivity contribution is -0.136. The third-order valence-corrected chi connectivity index (χ3v) is 15.2. The van der Waals surface area contributed by atoms with Crippen LogP contribution in [0.1, 0.15) is 77.5 Å². The molecule has 3 aromatic heterocycles. The average molecular weight is 1070 g/mol. The van der Waals surface area contributed by atoms with Crippen molar-refractivity contribution in [3.05, 3.63) is 102 Å². The topological polar surface area (TPSA) is 232 Å². The number of amides is 5. The number of fused-ring (bicyclic) bond motifs is 2. The van der Waals surface area contributed by atoms with E-state index in [0.717, 1.165) is 61.5 Å². The van der Waals surface area contributed by atoms with Gasteiger partial charge >= 0.3 is 5.76 Å². The first-order valence-electron chi connectivity index (χ1n) is 25.0. The van der Waals surface area contributed by atoms with Gasteiger partial charge in [0.1, 0.15) is 41.0 Å². The summed E-state index contributed by atoms with van der Waals surface area (Å²) in [7, 11) is -0.923. The van der Waals surface area contributed by atoms with Gasteiger partial charge in [-0.2, -0.15) is 19.0 Å². The second-order valence-electron chi connectivity index (χ2n) is 19.2. The second-order valence-corrected chi connectivity index (χ2v) is 20.4. The molecule has 398 valence electrons. The summed E-state index contributed by atoms with van der Waals surface area (Å²) in [6, 6.07) is 14.1. The number of nitrogens with two attached hydrogens (primary N) is 1. The number of benzene rings is 3. The molecule has 3 saturated heterocycles. The molecule has 4 aliphatic rings. The quantitative estimate of drug-likeness (QED) is 0.0984. The molecule has 3 aromatic carbocycles. The van der Waals surface area contributed by atoms with Gasteiger partial charge in [0.05, 0.1) is 40.0 Å². The maximum Gasteiger partial charge on any atom is 0.330 e. The Labute approximate surface area is 436 Å². The van der Waals surface area contributed by atoms with E-state index in [0.29, 0.717) is 53.9 Å². The summed E-state index contributed by atoms with van der Waals surface area (Å²) in [6.45, 7) is 7.48. The molecule has 3 atom stereocenters.